The Labute approximate surface area is 136 Å². The van der Waals surface area contributed by atoms with Gasteiger partial charge in [0.15, 0.2) is 6.04 Å². The van der Waals surface area contributed by atoms with E-state index in [1.807, 2.05) is 11.8 Å². The van der Waals surface area contributed by atoms with Crippen LogP contribution in [0.5, 0.6) is 0 Å². The maximum absolute atomic E-state index is 11.8. The third kappa shape index (κ3) is 3.29. The van der Waals surface area contributed by atoms with E-state index in [1.54, 1.807) is 11.6 Å². The molecule has 1 unspecified atom stereocenters. The van der Waals surface area contributed by atoms with Crippen LogP contribution in [0.1, 0.15) is 38.3 Å². The van der Waals surface area contributed by atoms with Crippen LogP contribution in [0.15, 0.2) is 0 Å². The average molecular weight is 329 g/mol. The first-order chi connectivity index (χ1) is 10.1. The van der Waals surface area contributed by atoms with Gasteiger partial charge in [0.05, 0.1) is 0 Å². The van der Waals surface area contributed by atoms with E-state index in [-0.39, 0.29) is 5.54 Å². The van der Waals surface area contributed by atoms with Crippen molar-refractivity contribution in [1.29, 1.82) is 0 Å². The van der Waals surface area contributed by atoms with Crippen LogP contribution in [-0.4, -0.2) is 62.1 Å². The molecular weight excluding hydrogens is 304 g/mol. The molecule has 0 radical (unpaired) electrons. The molecule has 1 aromatic rings. The molecule has 124 valence electrons. The molecule has 1 atom stereocenters. The van der Waals surface area contributed by atoms with E-state index >= 15 is 0 Å². The second-order valence-electron chi connectivity index (χ2n) is 6.83. The number of aryl methyl sites for hydroxylation is 1. The van der Waals surface area contributed by atoms with E-state index in [4.69, 9.17) is 11.6 Å². The van der Waals surface area contributed by atoms with Gasteiger partial charge in [-0.25, -0.2) is 4.98 Å². The Bertz CT molecular complexity index is 557. The second-order valence-corrected chi connectivity index (χ2v) is 7.19. The lowest BCUT2D eigenvalue weighted by atomic mass is 10.0. The van der Waals surface area contributed by atoms with Gasteiger partial charge in [-0.15, -0.1) is 0 Å². The number of rotatable bonds is 3. The van der Waals surface area contributed by atoms with E-state index < -0.39 is 12.0 Å². The summed E-state index contributed by atoms with van der Waals surface area (Å²) in [5, 5.41) is 10.1. The van der Waals surface area contributed by atoms with Crippen molar-refractivity contribution in [3.63, 3.8) is 0 Å². The molecule has 2 rings (SSSR count). The lowest BCUT2D eigenvalue weighted by Gasteiger charge is -2.43. The van der Waals surface area contributed by atoms with Gasteiger partial charge in [-0.1, -0.05) is 11.6 Å². The van der Waals surface area contributed by atoms with Gasteiger partial charge in [0.25, 0.3) is 0 Å². The molecule has 0 spiro atoms. The first kappa shape index (κ1) is 17.2. The van der Waals surface area contributed by atoms with E-state index in [9.17, 15) is 9.90 Å². The Hall–Kier alpha value is -1.11. The summed E-state index contributed by atoms with van der Waals surface area (Å²) < 4.78 is 1.72. The third-order valence-corrected chi connectivity index (χ3v) is 4.84. The van der Waals surface area contributed by atoms with Crippen LogP contribution in [0.3, 0.4) is 0 Å². The number of aliphatic carboxylic acids is 1. The van der Waals surface area contributed by atoms with Crippen molar-refractivity contribution in [3.8, 4) is 0 Å². The minimum Gasteiger partial charge on any atom is -0.480 e. The molecule has 1 N–H and O–H groups in total. The number of imidazole rings is 1. The molecule has 1 aliphatic rings. The number of carboxylic acids is 1. The standard InChI is InChI=1S/C15H25ClN4O2/c1-10-17-11(13(16)18(10)5)12(14(21)22)19-6-8-20(9-7-19)15(2,3)4/h12H,6-9H2,1-5H3,(H,21,22). The van der Waals surface area contributed by atoms with Crippen LogP contribution in [0, 0.1) is 6.92 Å². The number of piperazine rings is 1. The highest BCUT2D eigenvalue weighted by atomic mass is 35.5. The van der Waals surface area contributed by atoms with Crippen molar-refractivity contribution < 1.29 is 9.90 Å². The summed E-state index contributed by atoms with van der Waals surface area (Å²) in [7, 11) is 1.80. The van der Waals surface area contributed by atoms with Crippen LogP contribution < -0.4 is 0 Å². The monoisotopic (exact) mass is 328 g/mol. The Kier molecular flexibility index (Phi) is 4.84. The largest absolute Gasteiger partial charge is 0.480 e. The van der Waals surface area contributed by atoms with Crippen molar-refractivity contribution >= 4 is 17.6 Å². The van der Waals surface area contributed by atoms with Gasteiger partial charge in [-0.05, 0) is 27.7 Å². The SMILES string of the molecule is Cc1nc(C(C(=O)O)N2CCN(C(C)(C)C)CC2)c(Cl)n1C. The molecule has 1 aliphatic heterocycles. The predicted octanol–water partition coefficient (Wildman–Crippen LogP) is 1.92. The smallest absolute Gasteiger partial charge is 0.327 e. The summed E-state index contributed by atoms with van der Waals surface area (Å²) in [6.45, 7) is 11.4. The minimum absolute atomic E-state index is 0.101. The molecule has 0 aliphatic carbocycles. The predicted molar refractivity (Wildman–Crippen MR) is 86.2 cm³/mol. The molecule has 0 bridgehead atoms. The van der Waals surface area contributed by atoms with Gasteiger partial charge >= 0.3 is 5.97 Å². The molecule has 0 aromatic carbocycles. The zero-order valence-corrected chi connectivity index (χ0v) is 14.7. The molecule has 1 fully saturated rings. The summed E-state index contributed by atoms with van der Waals surface area (Å²) >= 11 is 6.27. The maximum atomic E-state index is 11.8. The van der Waals surface area contributed by atoms with Crippen LogP contribution in [0.25, 0.3) is 0 Å². The van der Waals surface area contributed by atoms with Gasteiger partial charge in [-0.2, -0.15) is 0 Å². The highest BCUT2D eigenvalue weighted by Gasteiger charge is 2.36. The van der Waals surface area contributed by atoms with Crippen molar-refractivity contribution in [1.82, 2.24) is 19.4 Å². The summed E-state index contributed by atoms with van der Waals surface area (Å²) in [5.74, 6) is -0.177. The highest BCUT2D eigenvalue weighted by Crippen LogP contribution is 2.29. The summed E-state index contributed by atoms with van der Waals surface area (Å²) in [6.07, 6.45) is 0. The molecular formula is C15H25ClN4O2. The fraction of sp³-hybridized carbons (Fsp3) is 0.733. The first-order valence-electron chi connectivity index (χ1n) is 7.53. The molecule has 6 nitrogen and oxygen atoms in total. The number of carbonyl (C=O) groups is 1. The quantitative estimate of drug-likeness (QED) is 0.918. The molecule has 1 aromatic heterocycles. The van der Waals surface area contributed by atoms with Crippen LogP contribution in [0.2, 0.25) is 5.15 Å². The third-order valence-electron chi connectivity index (χ3n) is 4.39. The Balaban J connectivity index is 2.21. The van der Waals surface area contributed by atoms with Gasteiger partial charge in [0, 0.05) is 38.8 Å². The normalized spacial score (nSPS) is 19.4. The van der Waals surface area contributed by atoms with Crippen molar-refractivity contribution in [2.75, 3.05) is 26.2 Å². The highest BCUT2D eigenvalue weighted by molar-refractivity contribution is 6.30. The fourth-order valence-electron chi connectivity index (χ4n) is 2.88. The molecule has 0 amide bonds. The van der Waals surface area contributed by atoms with Gasteiger partial charge in [0.1, 0.15) is 16.7 Å². The Morgan fingerprint density at radius 1 is 1.27 bits per heavy atom. The first-order valence-corrected chi connectivity index (χ1v) is 7.91. The minimum atomic E-state index is -0.899. The van der Waals surface area contributed by atoms with Gasteiger partial charge in [0.2, 0.25) is 0 Å². The summed E-state index contributed by atoms with van der Waals surface area (Å²) in [5.41, 5.74) is 0.544. The summed E-state index contributed by atoms with van der Waals surface area (Å²) in [4.78, 5) is 20.5. The Morgan fingerprint density at radius 2 is 1.82 bits per heavy atom. The van der Waals surface area contributed by atoms with Crippen molar-refractivity contribution in [3.05, 3.63) is 16.7 Å². The number of carboxylic acid groups (broad SMARTS) is 1. The number of aromatic nitrogens is 2. The molecule has 22 heavy (non-hydrogen) atoms. The van der Waals surface area contributed by atoms with Gasteiger partial charge in [-0.3, -0.25) is 14.6 Å². The molecule has 0 saturated carbocycles. The summed E-state index contributed by atoms with van der Waals surface area (Å²) in [6, 6.07) is -0.783. The van der Waals surface area contributed by atoms with Crippen molar-refractivity contribution in [2.24, 2.45) is 7.05 Å². The number of hydrogen-bond donors (Lipinski definition) is 1. The fourth-order valence-corrected chi connectivity index (χ4v) is 3.15. The topological polar surface area (TPSA) is 61.6 Å². The zero-order valence-electron chi connectivity index (χ0n) is 13.9. The molecule has 7 heteroatoms. The van der Waals surface area contributed by atoms with E-state index in [1.165, 1.54) is 0 Å². The molecule has 1 saturated heterocycles. The van der Waals surface area contributed by atoms with Crippen LogP contribution >= 0.6 is 11.6 Å². The van der Waals surface area contributed by atoms with Crippen molar-refractivity contribution in [2.45, 2.75) is 39.3 Å². The molecule has 2 heterocycles. The number of nitrogens with zero attached hydrogens (tertiary/aromatic N) is 4. The second kappa shape index (κ2) is 6.18. The van der Waals surface area contributed by atoms with E-state index in [2.05, 4.69) is 30.7 Å². The lowest BCUT2D eigenvalue weighted by molar-refractivity contribution is -0.144. The zero-order chi connectivity index (χ0) is 16.7. The van der Waals surface area contributed by atoms with Crippen LogP contribution in [-0.2, 0) is 11.8 Å². The lowest BCUT2D eigenvalue weighted by Crippen LogP contribution is -2.54. The number of hydrogen-bond acceptors (Lipinski definition) is 4. The maximum Gasteiger partial charge on any atom is 0.327 e. The van der Waals surface area contributed by atoms with E-state index in [0.717, 1.165) is 18.9 Å². The van der Waals surface area contributed by atoms with E-state index in [0.29, 0.717) is 23.9 Å². The Morgan fingerprint density at radius 3 is 2.18 bits per heavy atom. The number of halogens is 1. The van der Waals surface area contributed by atoms with Crippen LogP contribution in [0.4, 0.5) is 0 Å². The average Bonchev–Trinajstić information content (AvgIpc) is 2.66. The van der Waals surface area contributed by atoms with Gasteiger partial charge < -0.3 is 9.67 Å².